The van der Waals surface area contributed by atoms with Crippen molar-refractivity contribution in [3.8, 4) is 0 Å². The van der Waals surface area contributed by atoms with E-state index in [9.17, 15) is 10.1 Å². The number of para-hydroxylation sites is 1. The number of hydrogen-bond acceptors (Lipinski definition) is 4. The van der Waals surface area contributed by atoms with E-state index in [2.05, 4.69) is 10.2 Å². The number of nitrogens with one attached hydrogen (secondary N) is 1. The van der Waals surface area contributed by atoms with Gasteiger partial charge in [0, 0.05) is 19.1 Å². The number of nitrogens with zero attached hydrogens (tertiary/aromatic N) is 2. The molecule has 1 aromatic rings. The van der Waals surface area contributed by atoms with Gasteiger partial charge in [0.1, 0.15) is 10.7 Å². The van der Waals surface area contributed by atoms with E-state index in [0.717, 1.165) is 26.1 Å². The second kappa shape index (κ2) is 5.54. The van der Waals surface area contributed by atoms with Crippen LogP contribution in [0.1, 0.15) is 13.3 Å². The number of nitro benzene ring substituents is 1. The molecule has 2 rings (SSSR count). The standard InChI is InChI=1S/C12H16ClN3O2/c1-2-15(9-6-7-14-8-9)11-5-3-4-10(13)12(11)16(17)18/h3-5,9,14H,2,6-8H2,1H3. The number of benzene rings is 1. The third-order valence-electron chi connectivity index (χ3n) is 3.27. The molecule has 0 bridgehead atoms. The van der Waals surface area contributed by atoms with Gasteiger partial charge < -0.3 is 10.2 Å². The zero-order valence-corrected chi connectivity index (χ0v) is 11.0. The highest BCUT2D eigenvalue weighted by Crippen LogP contribution is 2.36. The van der Waals surface area contributed by atoms with Crippen LogP contribution < -0.4 is 10.2 Å². The Hall–Kier alpha value is -1.33. The van der Waals surface area contributed by atoms with Gasteiger partial charge in [0.15, 0.2) is 0 Å². The van der Waals surface area contributed by atoms with Crippen molar-refractivity contribution in [2.75, 3.05) is 24.5 Å². The average Bonchev–Trinajstić information content (AvgIpc) is 2.83. The van der Waals surface area contributed by atoms with E-state index in [1.807, 2.05) is 6.92 Å². The van der Waals surface area contributed by atoms with Crippen LogP contribution in [-0.4, -0.2) is 30.6 Å². The summed E-state index contributed by atoms with van der Waals surface area (Å²) in [6.45, 7) is 4.55. The Morgan fingerprint density at radius 3 is 2.94 bits per heavy atom. The van der Waals surface area contributed by atoms with Gasteiger partial charge in [-0.1, -0.05) is 17.7 Å². The van der Waals surface area contributed by atoms with Crippen molar-refractivity contribution in [3.05, 3.63) is 33.3 Å². The topological polar surface area (TPSA) is 58.4 Å². The quantitative estimate of drug-likeness (QED) is 0.674. The molecule has 1 heterocycles. The average molecular weight is 270 g/mol. The number of likely N-dealkylation sites (N-methyl/N-ethyl adjacent to an activating group) is 1. The lowest BCUT2D eigenvalue weighted by atomic mass is 10.1. The fourth-order valence-electron chi connectivity index (χ4n) is 2.45. The molecule has 1 aliphatic rings. The maximum atomic E-state index is 11.2. The SMILES string of the molecule is CCN(c1cccc(Cl)c1[N+](=O)[O-])C1CCNC1. The fourth-order valence-corrected chi connectivity index (χ4v) is 2.69. The van der Waals surface area contributed by atoms with Crippen molar-refractivity contribution >= 4 is 23.0 Å². The minimum Gasteiger partial charge on any atom is -0.362 e. The Morgan fingerprint density at radius 2 is 2.39 bits per heavy atom. The Kier molecular flexibility index (Phi) is 4.04. The molecule has 1 aliphatic heterocycles. The van der Waals surface area contributed by atoms with Crippen LogP contribution in [0.2, 0.25) is 5.02 Å². The lowest BCUT2D eigenvalue weighted by Crippen LogP contribution is -2.37. The van der Waals surface area contributed by atoms with E-state index in [-0.39, 0.29) is 10.7 Å². The van der Waals surface area contributed by atoms with Gasteiger partial charge in [-0.05, 0) is 32.0 Å². The molecule has 1 fully saturated rings. The molecule has 1 saturated heterocycles. The first-order valence-electron chi connectivity index (χ1n) is 6.05. The van der Waals surface area contributed by atoms with Crippen LogP contribution in [0.5, 0.6) is 0 Å². The fraction of sp³-hybridized carbons (Fsp3) is 0.500. The summed E-state index contributed by atoms with van der Waals surface area (Å²) in [4.78, 5) is 12.8. The lowest BCUT2D eigenvalue weighted by Gasteiger charge is -2.29. The predicted octanol–water partition coefficient (Wildman–Crippen LogP) is 2.44. The molecular formula is C12H16ClN3O2. The third-order valence-corrected chi connectivity index (χ3v) is 3.58. The van der Waals surface area contributed by atoms with Crippen LogP contribution in [0.3, 0.4) is 0 Å². The summed E-state index contributed by atoms with van der Waals surface area (Å²) in [5.41, 5.74) is 0.622. The molecule has 0 amide bonds. The summed E-state index contributed by atoms with van der Waals surface area (Å²) in [6.07, 6.45) is 0.998. The Balaban J connectivity index is 2.41. The van der Waals surface area contributed by atoms with Gasteiger partial charge in [-0.15, -0.1) is 0 Å². The van der Waals surface area contributed by atoms with Crippen molar-refractivity contribution in [2.45, 2.75) is 19.4 Å². The molecule has 1 aromatic carbocycles. The molecule has 5 nitrogen and oxygen atoms in total. The second-order valence-corrected chi connectivity index (χ2v) is 4.70. The van der Waals surface area contributed by atoms with Gasteiger partial charge in [0.05, 0.1) is 4.92 Å². The van der Waals surface area contributed by atoms with Crippen LogP contribution in [0.25, 0.3) is 0 Å². The Morgan fingerprint density at radius 1 is 1.61 bits per heavy atom. The zero-order chi connectivity index (χ0) is 13.1. The van der Waals surface area contributed by atoms with E-state index >= 15 is 0 Å². The molecular weight excluding hydrogens is 254 g/mol. The highest BCUT2D eigenvalue weighted by Gasteiger charge is 2.28. The molecule has 0 aliphatic carbocycles. The summed E-state index contributed by atoms with van der Waals surface area (Å²) in [6, 6.07) is 5.39. The minimum atomic E-state index is -0.400. The van der Waals surface area contributed by atoms with Crippen LogP contribution in [-0.2, 0) is 0 Å². The van der Waals surface area contributed by atoms with Crippen molar-refractivity contribution in [3.63, 3.8) is 0 Å². The molecule has 18 heavy (non-hydrogen) atoms. The smallest absolute Gasteiger partial charge is 0.310 e. The van der Waals surface area contributed by atoms with Gasteiger partial charge >= 0.3 is 5.69 Å². The maximum absolute atomic E-state index is 11.2. The maximum Gasteiger partial charge on any atom is 0.310 e. The normalized spacial score (nSPS) is 18.9. The molecule has 98 valence electrons. The van der Waals surface area contributed by atoms with Crippen LogP contribution >= 0.6 is 11.6 Å². The summed E-state index contributed by atoms with van der Waals surface area (Å²) in [7, 11) is 0. The Bertz CT molecular complexity index is 447. The van der Waals surface area contributed by atoms with Gasteiger partial charge in [0.25, 0.3) is 0 Å². The number of halogens is 1. The van der Waals surface area contributed by atoms with Crippen molar-refractivity contribution in [1.82, 2.24) is 5.32 Å². The van der Waals surface area contributed by atoms with E-state index in [1.54, 1.807) is 18.2 Å². The van der Waals surface area contributed by atoms with Crippen LogP contribution in [0, 0.1) is 10.1 Å². The highest BCUT2D eigenvalue weighted by molar-refractivity contribution is 6.33. The van der Waals surface area contributed by atoms with Crippen molar-refractivity contribution in [2.24, 2.45) is 0 Å². The first-order chi connectivity index (χ1) is 8.65. The van der Waals surface area contributed by atoms with Gasteiger partial charge in [-0.2, -0.15) is 0 Å². The predicted molar refractivity (Wildman–Crippen MR) is 72.4 cm³/mol. The number of rotatable bonds is 4. The summed E-state index contributed by atoms with van der Waals surface area (Å²) >= 11 is 5.95. The van der Waals surface area contributed by atoms with Crippen molar-refractivity contribution in [1.29, 1.82) is 0 Å². The third kappa shape index (κ3) is 2.42. The number of hydrogen-bond donors (Lipinski definition) is 1. The van der Waals surface area contributed by atoms with Crippen molar-refractivity contribution < 1.29 is 4.92 Å². The molecule has 1 unspecified atom stereocenters. The summed E-state index contributed by atoms with van der Waals surface area (Å²) in [5, 5.41) is 14.6. The molecule has 0 spiro atoms. The second-order valence-electron chi connectivity index (χ2n) is 4.30. The van der Waals surface area contributed by atoms with E-state index in [4.69, 9.17) is 11.6 Å². The molecule has 1 atom stereocenters. The first kappa shape index (κ1) is 13.1. The lowest BCUT2D eigenvalue weighted by molar-refractivity contribution is -0.384. The molecule has 0 radical (unpaired) electrons. The van der Waals surface area contributed by atoms with Crippen LogP contribution in [0.4, 0.5) is 11.4 Å². The number of nitro groups is 1. The van der Waals surface area contributed by atoms with E-state index in [0.29, 0.717) is 11.7 Å². The van der Waals surface area contributed by atoms with E-state index in [1.165, 1.54) is 0 Å². The highest BCUT2D eigenvalue weighted by atomic mass is 35.5. The van der Waals surface area contributed by atoms with Gasteiger partial charge in [-0.3, -0.25) is 10.1 Å². The number of anilines is 1. The summed E-state index contributed by atoms with van der Waals surface area (Å²) < 4.78 is 0. The molecule has 0 saturated carbocycles. The van der Waals surface area contributed by atoms with E-state index < -0.39 is 4.92 Å². The van der Waals surface area contributed by atoms with Crippen LogP contribution in [0.15, 0.2) is 18.2 Å². The first-order valence-corrected chi connectivity index (χ1v) is 6.43. The zero-order valence-electron chi connectivity index (χ0n) is 10.2. The molecule has 1 N–H and O–H groups in total. The molecule has 0 aromatic heterocycles. The summed E-state index contributed by atoms with van der Waals surface area (Å²) in [5.74, 6) is 0. The van der Waals surface area contributed by atoms with Gasteiger partial charge in [-0.25, -0.2) is 0 Å². The minimum absolute atomic E-state index is 0.00733. The monoisotopic (exact) mass is 269 g/mol. The Labute approximate surface area is 111 Å². The molecule has 6 heteroatoms. The van der Waals surface area contributed by atoms with Gasteiger partial charge in [0.2, 0.25) is 0 Å². The largest absolute Gasteiger partial charge is 0.362 e.